The zero-order valence-electron chi connectivity index (χ0n) is 19.1. The number of halogens is 1. The van der Waals surface area contributed by atoms with E-state index in [1.807, 2.05) is 7.05 Å². The van der Waals surface area contributed by atoms with E-state index in [1.54, 1.807) is 0 Å². The Morgan fingerprint density at radius 1 is 1.07 bits per heavy atom. The van der Waals surface area contributed by atoms with Gasteiger partial charge in [0.2, 0.25) is 0 Å². The van der Waals surface area contributed by atoms with Gasteiger partial charge < -0.3 is 19.7 Å². The first-order valence-electron chi connectivity index (χ1n) is 11.7. The second kappa shape index (κ2) is 12.1. The average Bonchev–Trinajstić information content (AvgIpc) is 3.21. The van der Waals surface area contributed by atoms with Crippen LogP contribution < -0.4 is 5.32 Å². The Labute approximate surface area is 195 Å². The molecule has 29 heavy (non-hydrogen) atoms. The molecule has 170 valence electrons. The molecular weight excluding hydrogens is 477 g/mol. The molecule has 2 unspecified atom stereocenters. The molecule has 2 saturated heterocycles. The maximum Gasteiger partial charge on any atom is 0.193 e. The molecule has 3 fully saturated rings. The SMILES string of the molecule is CN=C(NCC1CCCOC1C(C)(C)C)N1CCC(OCC2CCCC2)CC1.I. The number of likely N-dealkylation sites (tertiary alicyclic amines) is 1. The maximum atomic E-state index is 6.23. The van der Waals surface area contributed by atoms with Gasteiger partial charge in [0.1, 0.15) is 0 Å². The summed E-state index contributed by atoms with van der Waals surface area (Å²) >= 11 is 0. The monoisotopic (exact) mass is 521 g/mol. The van der Waals surface area contributed by atoms with E-state index >= 15 is 0 Å². The molecule has 6 heteroatoms. The van der Waals surface area contributed by atoms with Crippen LogP contribution in [0, 0.1) is 17.3 Å². The third-order valence-electron chi connectivity index (χ3n) is 6.82. The van der Waals surface area contributed by atoms with Gasteiger partial charge in [-0.05, 0) is 49.9 Å². The highest BCUT2D eigenvalue weighted by atomic mass is 127. The number of rotatable bonds is 5. The van der Waals surface area contributed by atoms with Crippen molar-refractivity contribution >= 4 is 29.9 Å². The summed E-state index contributed by atoms with van der Waals surface area (Å²) in [6.45, 7) is 11.8. The van der Waals surface area contributed by atoms with Crippen molar-refractivity contribution in [1.29, 1.82) is 0 Å². The predicted octanol–water partition coefficient (Wildman–Crippen LogP) is 4.69. The predicted molar refractivity (Wildman–Crippen MR) is 131 cm³/mol. The van der Waals surface area contributed by atoms with Gasteiger partial charge in [-0.25, -0.2) is 0 Å². The summed E-state index contributed by atoms with van der Waals surface area (Å²) in [4.78, 5) is 6.98. The molecule has 0 amide bonds. The van der Waals surface area contributed by atoms with Gasteiger partial charge in [0, 0.05) is 45.8 Å². The maximum absolute atomic E-state index is 6.23. The van der Waals surface area contributed by atoms with E-state index in [1.165, 1.54) is 38.5 Å². The van der Waals surface area contributed by atoms with E-state index in [0.717, 1.165) is 57.6 Å². The van der Waals surface area contributed by atoms with Gasteiger partial charge >= 0.3 is 0 Å². The van der Waals surface area contributed by atoms with Crippen LogP contribution in [0.4, 0.5) is 0 Å². The average molecular weight is 522 g/mol. The first-order valence-corrected chi connectivity index (χ1v) is 11.7. The van der Waals surface area contributed by atoms with Crippen LogP contribution in [0.3, 0.4) is 0 Å². The van der Waals surface area contributed by atoms with Crippen LogP contribution in [-0.2, 0) is 9.47 Å². The lowest BCUT2D eigenvalue weighted by atomic mass is 9.78. The lowest BCUT2D eigenvalue weighted by Crippen LogP contribution is -2.50. The van der Waals surface area contributed by atoms with Crippen molar-refractivity contribution in [3.05, 3.63) is 0 Å². The highest BCUT2D eigenvalue weighted by Gasteiger charge is 2.35. The minimum atomic E-state index is 0. The molecule has 1 aliphatic carbocycles. The van der Waals surface area contributed by atoms with Crippen LogP contribution in [0.15, 0.2) is 4.99 Å². The van der Waals surface area contributed by atoms with Gasteiger partial charge in [-0.1, -0.05) is 33.6 Å². The van der Waals surface area contributed by atoms with E-state index in [-0.39, 0.29) is 29.4 Å². The lowest BCUT2D eigenvalue weighted by molar-refractivity contribution is -0.0837. The Morgan fingerprint density at radius 3 is 2.38 bits per heavy atom. The lowest BCUT2D eigenvalue weighted by Gasteiger charge is -2.41. The minimum absolute atomic E-state index is 0. The van der Waals surface area contributed by atoms with E-state index in [9.17, 15) is 0 Å². The minimum Gasteiger partial charge on any atom is -0.378 e. The van der Waals surface area contributed by atoms with Gasteiger partial charge in [0.05, 0.1) is 12.2 Å². The van der Waals surface area contributed by atoms with Crippen LogP contribution in [0.25, 0.3) is 0 Å². The fourth-order valence-electron chi connectivity index (χ4n) is 5.25. The van der Waals surface area contributed by atoms with E-state index in [2.05, 4.69) is 36.0 Å². The summed E-state index contributed by atoms with van der Waals surface area (Å²) in [6, 6.07) is 0. The van der Waals surface area contributed by atoms with Crippen molar-refractivity contribution in [2.75, 3.05) is 39.9 Å². The molecule has 1 saturated carbocycles. The van der Waals surface area contributed by atoms with Crippen molar-refractivity contribution < 1.29 is 9.47 Å². The Morgan fingerprint density at radius 2 is 1.76 bits per heavy atom. The van der Waals surface area contributed by atoms with Crippen molar-refractivity contribution in [3.63, 3.8) is 0 Å². The largest absolute Gasteiger partial charge is 0.378 e. The third-order valence-corrected chi connectivity index (χ3v) is 6.82. The van der Waals surface area contributed by atoms with Crippen molar-refractivity contribution in [2.45, 2.75) is 84.3 Å². The molecule has 0 aromatic rings. The summed E-state index contributed by atoms with van der Waals surface area (Å²) in [5, 5.41) is 3.66. The Balaban J connectivity index is 0.00000300. The molecule has 2 atom stereocenters. The summed E-state index contributed by atoms with van der Waals surface area (Å²) < 4.78 is 12.4. The zero-order chi connectivity index (χ0) is 20.0. The number of guanidine groups is 1. The quantitative estimate of drug-likeness (QED) is 0.324. The smallest absolute Gasteiger partial charge is 0.193 e. The molecule has 0 bridgehead atoms. The third kappa shape index (κ3) is 7.53. The van der Waals surface area contributed by atoms with Gasteiger partial charge in [-0.15, -0.1) is 24.0 Å². The highest BCUT2D eigenvalue weighted by molar-refractivity contribution is 14.0. The number of hydrogen-bond donors (Lipinski definition) is 1. The molecule has 3 rings (SSSR count). The molecule has 2 heterocycles. The van der Waals surface area contributed by atoms with Crippen LogP contribution in [0.2, 0.25) is 0 Å². The second-order valence-electron chi connectivity index (χ2n) is 10.2. The van der Waals surface area contributed by atoms with Gasteiger partial charge in [-0.3, -0.25) is 4.99 Å². The molecule has 2 aliphatic heterocycles. The van der Waals surface area contributed by atoms with E-state index < -0.39 is 0 Å². The number of ether oxygens (including phenoxy) is 2. The highest BCUT2D eigenvalue weighted by Crippen LogP contribution is 2.33. The van der Waals surface area contributed by atoms with Crippen LogP contribution in [0.1, 0.15) is 72.1 Å². The molecule has 0 aromatic carbocycles. The molecule has 5 nitrogen and oxygen atoms in total. The fourth-order valence-corrected chi connectivity index (χ4v) is 5.25. The fraction of sp³-hybridized carbons (Fsp3) is 0.957. The summed E-state index contributed by atoms with van der Waals surface area (Å²) in [6.07, 6.45) is 10.9. The van der Waals surface area contributed by atoms with E-state index in [4.69, 9.17) is 9.47 Å². The summed E-state index contributed by atoms with van der Waals surface area (Å²) in [7, 11) is 1.91. The molecule has 1 N–H and O–H groups in total. The Kier molecular flexibility index (Phi) is 10.5. The van der Waals surface area contributed by atoms with Crippen molar-refractivity contribution in [1.82, 2.24) is 10.2 Å². The number of piperidine rings is 1. The van der Waals surface area contributed by atoms with Crippen LogP contribution in [-0.4, -0.2) is 63.0 Å². The normalized spacial score (nSPS) is 27.7. The standard InChI is InChI=1S/C23H43N3O2.HI/c1-23(2,3)21-19(10-7-15-27-21)16-25-22(24-4)26-13-11-20(12-14-26)28-17-18-8-5-6-9-18;/h18-21H,5-17H2,1-4H3,(H,24,25);1H. The van der Waals surface area contributed by atoms with Gasteiger partial charge in [0.25, 0.3) is 0 Å². The van der Waals surface area contributed by atoms with Crippen LogP contribution >= 0.6 is 24.0 Å². The zero-order valence-corrected chi connectivity index (χ0v) is 21.5. The van der Waals surface area contributed by atoms with Gasteiger partial charge in [0.15, 0.2) is 5.96 Å². The van der Waals surface area contributed by atoms with Crippen molar-refractivity contribution in [3.8, 4) is 0 Å². The number of hydrogen-bond acceptors (Lipinski definition) is 3. The Bertz CT molecular complexity index is 495. The molecule has 0 radical (unpaired) electrons. The number of aliphatic imine (C=N–C) groups is 1. The summed E-state index contributed by atoms with van der Waals surface area (Å²) in [5.41, 5.74) is 0.186. The van der Waals surface area contributed by atoms with E-state index in [0.29, 0.717) is 18.1 Å². The topological polar surface area (TPSA) is 46.1 Å². The number of nitrogens with zero attached hydrogens (tertiary/aromatic N) is 2. The van der Waals surface area contributed by atoms with Gasteiger partial charge in [-0.2, -0.15) is 0 Å². The second-order valence-corrected chi connectivity index (χ2v) is 10.2. The Hall–Kier alpha value is -0.0800. The molecule has 3 aliphatic rings. The molecular formula is C23H44IN3O2. The molecule has 0 spiro atoms. The molecule has 0 aromatic heterocycles. The number of nitrogens with one attached hydrogen (secondary N) is 1. The first kappa shape index (κ1) is 25.2. The summed E-state index contributed by atoms with van der Waals surface area (Å²) in [5.74, 6) is 2.42. The van der Waals surface area contributed by atoms with Crippen molar-refractivity contribution in [2.24, 2.45) is 22.2 Å². The first-order chi connectivity index (χ1) is 13.5. The van der Waals surface area contributed by atoms with Crippen LogP contribution in [0.5, 0.6) is 0 Å².